The first-order valence-corrected chi connectivity index (χ1v) is 9.42. The van der Waals surface area contributed by atoms with E-state index < -0.39 is 0 Å². The SMILES string of the molecule is Cc1cccc(OCCC(=O)N2CCN(CC(=O)Nc3cc(C)on3)CC2)c1. The van der Waals surface area contributed by atoms with Crippen molar-refractivity contribution >= 4 is 17.6 Å². The van der Waals surface area contributed by atoms with Crippen LogP contribution in [-0.2, 0) is 9.59 Å². The fourth-order valence-corrected chi connectivity index (χ4v) is 3.09. The molecule has 0 bridgehead atoms. The first-order chi connectivity index (χ1) is 13.5. The predicted molar refractivity (Wildman–Crippen MR) is 104 cm³/mol. The normalized spacial score (nSPS) is 14.7. The van der Waals surface area contributed by atoms with Crippen LogP contribution in [0.1, 0.15) is 17.7 Å². The predicted octanol–water partition coefficient (Wildman–Crippen LogP) is 1.84. The van der Waals surface area contributed by atoms with E-state index >= 15 is 0 Å². The lowest BCUT2D eigenvalue weighted by molar-refractivity contribution is -0.133. The van der Waals surface area contributed by atoms with Crippen molar-refractivity contribution < 1.29 is 18.8 Å². The monoisotopic (exact) mass is 386 g/mol. The topological polar surface area (TPSA) is 87.9 Å². The number of anilines is 1. The van der Waals surface area contributed by atoms with Gasteiger partial charge in [0, 0.05) is 32.2 Å². The van der Waals surface area contributed by atoms with Crippen molar-refractivity contribution in [2.24, 2.45) is 0 Å². The number of piperazine rings is 1. The first kappa shape index (κ1) is 19.9. The average Bonchev–Trinajstić information content (AvgIpc) is 3.07. The number of ether oxygens (including phenoxy) is 1. The number of nitrogens with one attached hydrogen (secondary N) is 1. The number of nitrogens with zero attached hydrogens (tertiary/aromatic N) is 3. The summed E-state index contributed by atoms with van der Waals surface area (Å²) in [6.07, 6.45) is 0.347. The zero-order valence-electron chi connectivity index (χ0n) is 16.3. The molecule has 0 atom stereocenters. The molecule has 28 heavy (non-hydrogen) atoms. The lowest BCUT2D eigenvalue weighted by Gasteiger charge is -2.34. The molecule has 0 spiro atoms. The summed E-state index contributed by atoms with van der Waals surface area (Å²) < 4.78 is 10.6. The van der Waals surface area contributed by atoms with Gasteiger partial charge in [0.05, 0.1) is 19.6 Å². The summed E-state index contributed by atoms with van der Waals surface area (Å²) in [5.74, 6) is 1.79. The second-order valence-corrected chi connectivity index (χ2v) is 6.94. The molecular formula is C20H26N4O4. The highest BCUT2D eigenvalue weighted by Gasteiger charge is 2.22. The molecule has 1 aromatic carbocycles. The summed E-state index contributed by atoms with van der Waals surface area (Å²) in [5, 5.41) is 6.46. The van der Waals surface area contributed by atoms with Gasteiger partial charge in [0.25, 0.3) is 0 Å². The zero-order valence-corrected chi connectivity index (χ0v) is 16.3. The molecule has 8 nitrogen and oxygen atoms in total. The third kappa shape index (κ3) is 5.82. The van der Waals surface area contributed by atoms with Crippen LogP contribution in [0, 0.1) is 13.8 Å². The number of hydrogen-bond acceptors (Lipinski definition) is 6. The van der Waals surface area contributed by atoms with Crippen LogP contribution in [0.15, 0.2) is 34.9 Å². The van der Waals surface area contributed by atoms with Crippen molar-refractivity contribution in [3.63, 3.8) is 0 Å². The lowest BCUT2D eigenvalue weighted by Crippen LogP contribution is -2.50. The van der Waals surface area contributed by atoms with Gasteiger partial charge in [-0.05, 0) is 31.5 Å². The van der Waals surface area contributed by atoms with Crippen molar-refractivity contribution in [1.29, 1.82) is 0 Å². The summed E-state index contributed by atoms with van der Waals surface area (Å²) in [7, 11) is 0. The highest BCUT2D eigenvalue weighted by molar-refractivity contribution is 5.91. The van der Waals surface area contributed by atoms with Crippen LogP contribution in [0.4, 0.5) is 5.82 Å². The van der Waals surface area contributed by atoms with Gasteiger partial charge >= 0.3 is 0 Å². The number of amides is 2. The largest absolute Gasteiger partial charge is 0.493 e. The number of carbonyl (C=O) groups excluding carboxylic acids is 2. The molecule has 1 saturated heterocycles. The molecule has 3 rings (SSSR count). The molecule has 8 heteroatoms. The van der Waals surface area contributed by atoms with Crippen molar-refractivity contribution in [1.82, 2.24) is 15.0 Å². The molecule has 150 valence electrons. The van der Waals surface area contributed by atoms with Gasteiger partial charge in [-0.1, -0.05) is 17.3 Å². The average molecular weight is 386 g/mol. The second kappa shape index (κ2) is 9.36. The van der Waals surface area contributed by atoms with E-state index in [0.717, 1.165) is 11.3 Å². The number of aromatic nitrogens is 1. The molecule has 2 heterocycles. The third-order valence-corrected chi connectivity index (χ3v) is 4.56. The molecule has 1 aliphatic heterocycles. The minimum atomic E-state index is -0.139. The Balaban J connectivity index is 1.35. The Morgan fingerprint density at radius 3 is 2.64 bits per heavy atom. The second-order valence-electron chi connectivity index (χ2n) is 6.94. The van der Waals surface area contributed by atoms with Crippen molar-refractivity contribution in [3.8, 4) is 5.75 Å². The van der Waals surface area contributed by atoms with Gasteiger partial charge in [-0.2, -0.15) is 0 Å². The maximum Gasteiger partial charge on any atom is 0.239 e. The molecule has 2 aromatic rings. The van der Waals surface area contributed by atoms with Crippen LogP contribution < -0.4 is 10.1 Å². The molecule has 0 unspecified atom stereocenters. The van der Waals surface area contributed by atoms with Crippen LogP contribution in [0.3, 0.4) is 0 Å². The van der Waals surface area contributed by atoms with E-state index in [-0.39, 0.29) is 18.4 Å². The van der Waals surface area contributed by atoms with Crippen LogP contribution >= 0.6 is 0 Å². The molecule has 1 N–H and O–H groups in total. The standard InChI is InChI=1S/C20H26N4O4/c1-15-4-3-5-17(12-15)27-11-6-20(26)24-9-7-23(8-10-24)14-19(25)21-18-13-16(2)28-22-18/h3-5,12-13H,6-11,14H2,1-2H3,(H,21,22,25). The Morgan fingerprint density at radius 1 is 1.18 bits per heavy atom. The molecule has 0 aliphatic carbocycles. The van der Waals surface area contributed by atoms with E-state index in [0.29, 0.717) is 50.8 Å². The highest BCUT2D eigenvalue weighted by Crippen LogP contribution is 2.13. The van der Waals surface area contributed by atoms with Gasteiger partial charge in [0.15, 0.2) is 5.82 Å². The Labute approximate surface area is 164 Å². The maximum atomic E-state index is 12.4. The maximum absolute atomic E-state index is 12.4. The summed E-state index contributed by atoms with van der Waals surface area (Å²) in [4.78, 5) is 28.3. The Bertz CT molecular complexity index is 812. The highest BCUT2D eigenvalue weighted by atomic mass is 16.5. The van der Waals surface area contributed by atoms with Crippen LogP contribution in [-0.4, -0.2) is 66.1 Å². The number of benzene rings is 1. The lowest BCUT2D eigenvalue weighted by atomic mass is 10.2. The van der Waals surface area contributed by atoms with E-state index in [9.17, 15) is 9.59 Å². The number of carbonyl (C=O) groups is 2. The van der Waals surface area contributed by atoms with Gasteiger partial charge in [-0.25, -0.2) is 0 Å². The Morgan fingerprint density at radius 2 is 1.96 bits per heavy atom. The van der Waals surface area contributed by atoms with Crippen LogP contribution in [0.25, 0.3) is 0 Å². The van der Waals surface area contributed by atoms with Gasteiger partial charge in [-0.15, -0.1) is 0 Å². The molecular weight excluding hydrogens is 360 g/mol. The number of aryl methyl sites for hydroxylation is 2. The molecule has 1 aliphatic rings. The minimum absolute atomic E-state index is 0.0785. The van der Waals surface area contributed by atoms with E-state index in [1.165, 1.54) is 0 Å². The van der Waals surface area contributed by atoms with Crippen LogP contribution in [0.5, 0.6) is 5.75 Å². The Kier molecular flexibility index (Phi) is 6.65. The smallest absolute Gasteiger partial charge is 0.239 e. The van der Waals surface area contributed by atoms with Gasteiger partial charge in [-0.3, -0.25) is 14.5 Å². The van der Waals surface area contributed by atoms with Crippen molar-refractivity contribution in [3.05, 3.63) is 41.7 Å². The van der Waals surface area contributed by atoms with Crippen molar-refractivity contribution in [2.75, 3.05) is 44.6 Å². The van der Waals surface area contributed by atoms with Gasteiger partial charge in [0.1, 0.15) is 11.5 Å². The number of hydrogen-bond donors (Lipinski definition) is 1. The fraction of sp³-hybridized carbons (Fsp3) is 0.450. The van der Waals surface area contributed by atoms with Gasteiger partial charge < -0.3 is 19.5 Å². The van der Waals surface area contributed by atoms with Gasteiger partial charge in [0.2, 0.25) is 11.8 Å². The van der Waals surface area contributed by atoms with Crippen molar-refractivity contribution in [2.45, 2.75) is 20.3 Å². The first-order valence-electron chi connectivity index (χ1n) is 9.42. The molecule has 0 radical (unpaired) electrons. The fourth-order valence-electron chi connectivity index (χ4n) is 3.09. The summed E-state index contributed by atoms with van der Waals surface area (Å²) in [6.45, 7) is 6.95. The van der Waals surface area contributed by atoms with Crippen LogP contribution in [0.2, 0.25) is 0 Å². The van der Waals surface area contributed by atoms with E-state index in [4.69, 9.17) is 9.26 Å². The zero-order chi connectivity index (χ0) is 19.9. The number of rotatable bonds is 7. The summed E-state index contributed by atoms with van der Waals surface area (Å²) >= 11 is 0. The Hall–Kier alpha value is -2.87. The van der Waals surface area contributed by atoms with E-state index in [1.54, 1.807) is 13.0 Å². The molecule has 1 aromatic heterocycles. The van der Waals surface area contributed by atoms with E-state index in [2.05, 4.69) is 10.5 Å². The quantitative estimate of drug-likeness (QED) is 0.781. The van der Waals surface area contributed by atoms with E-state index in [1.807, 2.05) is 41.0 Å². The summed E-state index contributed by atoms with van der Waals surface area (Å²) in [5.41, 5.74) is 1.13. The minimum Gasteiger partial charge on any atom is -0.493 e. The molecule has 1 fully saturated rings. The third-order valence-electron chi connectivity index (χ3n) is 4.56. The molecule has 0 saturated carbocycles. The molecule has 2 amide bonds. The summed E-state index contributed by atoms with van der Waals surface area (Å²) in [6, 6.07) is 9.46.